The summed E-state index contributed by atoms with van der Waals surface area (Å²) in [6.45, 7) is 4.49. The number of hydrogen-bond acceptors (Lipinski definition) is 4. The molecule has 0 bridgehead atoms. The minimum atomic E-state index is -3.60. The lowest BCUT2D eigenvalue weighted by Crippen LogP contribution is -2.49. The Morgan fingerprint density at radius 2 is 1.72 bits per heavy atom. The molecule has 2 aromatic carbocycles. The second kappa shape index (κ2) is 14.1. The molecule has 0 saturated carbocycles. The third-order valence-corrected chi connectivity index (χ3v) is 7.56. The van der Waals surface area contributed by atoms with Crippen LogP contribution in [0.4, 0.5) is 5.69 Å². The van der Waals surface area contributed by atoms with Crippen LogP contribution in [0, 0.1) is 0 Å². The maximum atomic E-state index is 13.4. The van der Waals surface area contributed by atoms with Crippen LogP contribution in [0.3, 0.4) is 0 Å². The second-order valence-electron chi connectivity index (χ2n) is 8.39. The summed E-state index contributed by atoms with van der Waals surface area (Å²) >= 11 is 18.4. The van der Waals surface area contributed by atoms with E-state index in [0.717, 1.165) is 12.7 Å². The molecule has 0 heterocycles. The van der Waals surface area contributed by atoms with Gasteiger partial charge in [0, 0.05) is 41.1 Å². The number of hydrogen-bond donors (Lipinski definition) is 1. The van der Waals surface area contributed by atoms with Crippen LogP contribution in [-0.2, 0) is 26.2 Å². The first-order valence-electron chi connectivity index (χ1n) is 11.7. The zero-order chi connectivity index (χ0) is 26.9. The minimum absolute atomic E-state index is 0.0371. The maximum absolute atomic E-state index is 13.4. The number of benzene rings is 2. The first-order chi connectivity index (χ1) is 17.0. The quantitative estimate of drug-likeness (QED) is 0.340. The summed E-state index contributed by atoms with van der Waals surface area (Å²) in [5.74, 6) is -0.520. The van der Waals surface area contributed by atoms with Crippen LogP contribution in [0.15, 0.2) is 42.5 Å². The normalized spacial score (nSPS) is 12.2. The third-order valence-electron chi connectivity index (χ3n) is 5.54. The predicted octanol–water partition coefficient (Wildman–Crippen LogP) is 5.53. The highest BCUT2D eigenvalue weighted by atomic mass is 35.5. The van der Waals surface area contributed by atoms with E-state index in [1.165, 1.54) is 9.21 Å². The molecular weight excluding hydrogens is 545 g/mol. The highest BCUT2D eigenvalue weighted by Crippen LogP contribution is 2.25. The second-order valence-corrected chi connectivity index (χ2v) is 11.6. The summed E-state index contributed by atoms with van der Waals surface area (Å²) in [4.78, 5) is 27.8. The van der Waals surface area contributed by atoms with Crippen molar-refractivity contribution in [2.75, 3.05) is 23.7 Å². The summed E-state index contributed by atoms with van der Waals surface area (Å²) < 4.78 is 26.0. The molecule has 198 valence electrons. The molecule has 2 aromatic rings. The Morgan fingerprint density at radius 1 is 1.03 bits per heavy atom. The molecule has 0 fully saturated rings. The van der Waals surface area contributed by atoms with Crippen molar-refractivity contribution >= 4 is 62.3 Å². The first-order valence-corrected chi connectivity index (χ1v) is 14.7. The van der Waals surface area contributed by atoms with Gasteiger partial charge in [0.2, 0.25) is 21.8 Å². The SMILES string of the molecule is CCCNC(=O)C(CC)N(Cc1ccc(Cl)cc1Cl)C(=O)CCCN(c1cccc(Cl)c1)S(C)(=O)=O. The number of nitrogens with zero attached hydrogens (tertiary/aromatic N) is 2. The van der Waals surface area contributed by atoms with Gasteiger partial charge in [0.15, 0.2) is 0 Å². The molecule has 0 radical (unpaired) electrons. The number of amides is 2. The lowest BCUT2D eigenvalue weighted by molar-refractivity contribution is -0.141. The number of halogens is 3. The van der Waals surface area contributed by atoms with Gasteiger partial charge in [0.05, 0.1) is 11.9 Å². The van der Waals surface area contributed by atoms with Crippen molar-refractivity contribution in [1.82, 2.24) is 10.2 Å². The van der Waals surface area contributed by atoms with Crippen LogP contribution in [0.2, 0.25) is 15.1 Å². The van der Waals surface area contributed by atoms with Crippen molar-refractivity contribution in [1.29, 1.82) is 0 Å². The molecule has 0 aromatic heterocycles. The van der Waals surface area contributed by atoms with Crippen LogP contribution < -0.4 is 9.62 Å². The molecule has 2 rings (SSSR count). The third kappa shape index (κ3) is 8.83. The predicted molar refractivity (Wildman–Crippen MR) is 147 cm³/mol. The van der Waals surface area contributed by atoms with Gasteiger partial charge in [0.25, 0.3) is 0 Å². The molecular formula is C25H32Cl3N3O4S. The van der Waals surface area contributed by atoms with Crippen molar-refractivity contribution < 1.29 is 18.0 Å². The van der Waals surface area contributed by atoms with Crippen molar-refractivity contribution in [3.63, 3.8) is 0 Å². The van der Waals surface area contributed by atoms with Crippen LogP contribution >= 0.6 is 34.8 Å². The topological polar surface area (TPSA) is 86.8 Å². The fourth-order valence-electron chi connectivity index (χ4n) is 3.75. The molecule has 0 saturated heterocycles. The van der Waals surface area contributed by atoms with Crippen LogP contribution in [0.25, 0.3) is 0 Å². The largest absolute Gasteiger partial charge is 0.354 e. The van der Waals surface area contributed by atoms with Crippen molar-refractivity contribution in [2.45, 2.75) is 52.1 Å². The summed E-state index contributed by atoms with van der Waals surface area (Å²) in [6.07, 6.45) is 2.57. The Hall–Kier alpha value is -2.00. The highest BCUT2D eigenvalue weighted by molar-refractivity contribution is 7.92. The van der Waals surface area contributed by atoms with Gasteiger partial charge >= 0.3 is 0 Å². The zero-order valence-corrected chi connectivity index (χ0v) is 23.7. The molecule has 1 unspecified atom stereocenters. The van der Waals surface area contributed by atoms with Gasteiger partial charge in [-0.25, -0.2) is 8.42 Å². The summed E-state index contributed by atoms with van der Waals surface area (Å²) in [7, 11) is -3.60. The van der Waals surface area contributed by atoms with Crippen LogP contribution in [0.5, 0.6) is 0 Å². The van der Waals surface area contributed by atoms with Gasteiger partial charge in [-0.05, 0) is 55.2 Å². The van der Waals surface area contributed by atoms with E-state index in [1.54, 1.807) is 42.5 Å². The molecule has 0 spiro atoms. The highest BCUT2D eigenvalue weighted by Gasteiger charge is 2.29. The Kier molecular flexibility index (Phi) is 11.8. The number of carbonyl (C=O) groups is 2. The van der Waals surface area contributed by atoms with Crippen LogP contribution in [-0.4, -0.2) is 50.5 Å². The molecule has 7 nitrogen and oxygen atoms in total. The Bertz CT molecular complexity index is 1160. The van der Waals surface area contributed by atoms with E-state index < -0.39 is 16.1 Å². The molecule has 11 heteroatoms. The van der Waals surface area contributed by atoms with Gasteiger partial charge in [-0.2, -0.15) is 0 Å². The van der Waals surface area contributed by atoms with E-state index in [2.05, 4.69) is 5.32 Å². The van der Waals surface area contributed by atoms with Crippen molar-refractivity contribution in [3.05, 3.63) is 63.1 Å². The Labute approximate surface area is 228 Å². The first kappa shape index (κ1) is 30.2. The summed E-state index contributed by atoms with van der Waals surface area (Å²) in [6, 6.07) is 10.8. The standard InChI is InChI=1S/C25H32Cl3N3O4S/c1-4-13-29-25(33)23(5-2)30(17-18-11-12-20(27)16-22(18)28)24(32)10-7-14-31(36(3,34)35)21-9-6-8-19(26)15-21/h6,8-9,11-12,15-16,23H,4-5,7,10,13-14,17H2,1-3H3,(H,29,33). The van der Waals surface area contributed by atoms with Gasteiger partial charge in [-0.15, -0.1) is 0 Å². The smallest absolute Gasteiger partial charge is 0.242 e. The van der Waals surface area contributed by atoms with Crippen molar-refractivity contribution in [3.8, 4) is 0 Å². The number of anilines is 1. The number of sulfonamides is 1. The molecule has 36 heavy (non-hydrogen) atoms. The zero-order valence-electron chi connectivity index (χ0n) is 20.6. The number of rotatable bonds is 13. The van der Waals surface area contributed by atoms with E-state index in [-0.39, 0.29) is 37.7 Å². The van der Waals surface area contributed by atoms with Crippen molar-refractivity contribution in [2.24, 2.45) is 0 Å². The fraction of sp³-hybridized carbons (Fsp3) is 0.440. The average Bonchev–Trinajstić information content (AvgIpc) is 2.80. The van der Waals surface area contributed by atoms with Gasteiger partial charge in [-0.1, -0.05) is 60.8 Å². The molecule has 1 atom stereocenters. The molecule has 0 aliphatic rings. The summed E-state index contributed by atoms with van der Waals surface area (Å²) in [5.41, 5.74) is 1.08. The molecule has 2 amide bonds. The molecule has 0 aliphatic carbocycles. The number of carbonyl (C=O) groups excluding carboxylic acids is 2. The molecule has 0 aliphatic heterocycles. The maximum Gasteiger partial charge on any atom is 0.242 e. The van der Waals surface area contributed by atoms with Gasteiger partial charge < -0.3 is 10.2 Å². The fourth-order valence-corrected chi connectivity index (χ4v) is 5.36. The summed E-state index contributed by atoms with van der Waals surface area (Å²) in [5, 5.41) is 4.14. The monoisotopic (exact) mass is 575 g/mol. The van der Waals surface area contributed by atoms with E-state index in [4.69, 9.17) is 34.8 Å². The lowest BCUT2D eigenvalue weighted by atomic mass is 10.1. The van der Waals surface area contributed by atoms with E-state index in [9.17, 15) is 18.0 Å². The number of nitrogens with one attached hydrogen (secondary N) is 1. The average molecular weight is 577 g/mol. The van der Waals surface area contributed by atoms with Crippen LogP contribution in [0.1, 0.15) is 45.1 Å². The van der Waals surface area contributed by atoms with E-state index in [1.807, 2.05) is 13.8 Å². The Balaban J connectivity index is 2.24. The van der Waals surface area contributed by atoms with E-state index in [0.29, 0.717) is 39.3 Å². The van der Waals surface area contributed by atoms with Gasteiger partial charge in [0.1, 0.15) is 6.04 Å². The Morgan fingerprint density at radius 3 is 2.31 bits per heavy atom. The minimum Gasteiger partial charge on any atom is -0.354 e. The van der Waals surface area contributed by atoms with Gasteiger partial charge in [-0.3, -0.25) is 13.9 Å². The lowest BCUT2D eigenvalue weighted by Gasteiger charge is -2.31. The molecule has 1 N–H and O–H groups in total. The van der Waals surface area contributed by atoms with E-state index >= 15 is 0 Å².